The van der Waals surface area contributed by atoms with Gasteiger partial charge in [0.1, 0.15) is 5.56 Å². The Morgan fingerprint density at radius 3 is 2.74 bits per heavy atom. The van der Waals surface area contributed by atoms with Gasteiger partial charge in [0.05, 0.1) is 0 Å². The zero-order chi connectivity index (χ0) is 14.2. The summed E-state index contributed by atoms with van der Waals surface area (Å²) < 4.78 is 1.96. The number of aromatic nitrogens is 1. The fourth-order valence-corrected chi connectivity index (χ4v) is 2.92. The molecule has 0 aromatic carbocycles. The van der Waals surface area contributed by atoms with Crippen LogP contribution in [-0.2, 0) is 0 Å². The number of carboxylic acids is 1. The highest BCUT2D eigenvalue weighted by Crippen LogP contribution is 2.28. The summed E-state index contributed by atoms with van der Waals surface area (Å²) in [6.07, 6.45) is 2.48. The molecule has 2 unspecified atom stereocenters. The number of hydrogen-bond donors (Lipinski definition) is 1. The molecule has 0 saturated carbocycles. The summed E-state index contributed by atoms with van der Waals surface area (Å²) in [5.74, 6) is -0.721. The lowest BCUT2D eigenvalue weighted by atomic mass is 9.93. The summed E-state index contributed by atoms with van der Waals surface area (Å²) in [7, 11) is 2.09. The van der Waals surface area contributed by atoms with Crippen molar-refractivity contribution < 1.29 is 9.90 Å². The van der Waals surface area contributed by atoms with Crippen LogP contribution in [0, 0.1) is 12.8 Å². The van der Waals surface area contributed by atoms with E-state index in [1.165, 1.54) is 12.3 Å². The van der Waals surface area contributed by atoms with Gasteiger partial charge in [-0.2, -0.15) is 0 Å². The molecule has 1 saturated heterocycles. The van der Waals surface area contributed by atoms with Gasteiger partial charge in [0.15, 0.2) is 5.43 Å². The zero-order valence-electron chi connectivity index (χ0n) is 11.6. The van der Waals surface area contributed by atoms with Crippen LogP contribution in [0.5, 0.6) is 0 Å². The number of carbonyl (C=O) groups is 1. The van der Waals surface area contributed by atoms with E-state index in [2.05, 4.69) is 18.9 Å². The van der Waals surface area contributed by atoms with E-state index in [4.69, 9.17) is 5.11 Å². The van der Waals surface area contributed by atoms with Crippen molar-refractivity contribution in [3.8, 4) is 0 Å². The van der Waals surface area contributed by atoms with Crippen LogP contribution in [0.4, 0.5) is 0 Å². The molecule has 0 bridgehead atoms. The summed E-state index contributed by atoms with van der Waals surface area (Å²) >= 11 is 0. The molecule has 5 nitrogen and oxygen atoms in total. The predicted octanol–water partition coefficient (Wildman–Crippen LogP) is 1.37. The number of hydrogen-bond acceptors (Lipinski definition) is 3. The Labute approximate surface area is 112 Å². The molecule has 0 radical (unpaired) electrons. The Bertz CT molecular complexity index is 550. The Balaban J connectivity index is 2.42. The third-order valence-electron chi connectivity index (χ3n) is 3.93. The number of carboxylic acid groups (broad SMARTS) is 1. The molecule has 1 aliphatic heterocycles. The summed E-state index contributed by atoms with van der Waals surface area (Å²) in [6, 6.07) is 1.68. The lowest BCUT2D eigenvalue weighted by Crippen LogP contribution is -2.38. The van der Waals surface area contributed by atoms with Crippen molar-refractivity contribution >= 4 is 5.97 Å². The van der Waals surface area contributed by atoms with Crippen molar-refractivity contribution in [1.82, 2.24) is 9.47 Å². The molecular formula is C14H20N2O3. The quantitative estimate of drug-likeness (QED) is 0.876. The number of aromatic carboxylic acids is 1. The Hall–Kier alpha value is -1.62. The van der Waals surface area contributed by atoms with Gasteiger partial charge in [0.2, 0.25) is 0 Å². The molecule has 1 aromatic heterocycles. The van der Waals surface area contributed by atoms with E-state index in [1.54, 1.807) is 0 Å². The van der Waals surface area contributed by atoms with Gasteiger partial charge in [-0.15, -0.1) is 0 Å². The minimum absolute atomic E-state index is 0.142. The third-order valence-corrected chi connectivity index (χ3v) is 3.93. The zero-order valence-corrected chi connectivity index (χ0v) is 11.6. The summed E-state index contributed by atoms with van der Waals surface area (Å²) in [6.45, 7) is 6.00. The fourth-order valence-electron chi connectivity index (χ4n) is 2.92. The first-order valence-corrected chi connectivity index (χ1v) is 6.54. The first-order chi connectivity index (χ1) is 8.90. The highest BCUT2D eigenvalue weighted by molar-refractivity contribution is 5.87. The van der Waals surface area contributed by atoms with E-state index in [1.807, 2.05) is 11.5 Å². The molecule has 5 heteroatoms. The van der Waals surface area contributed by atoms with Crippen molar-refractivity contribution in [2.24, 2.45) is 5.92 Å². The predicted molar refractivity (Wildman–Crippen MR) is 72.7 cm³/mol. The van der Waals surface area contributed by atoms with Gasteiger partial charge in [-0.05, 0) is 32.9 Å². The number of likely N-dealkylation sites (tertiary alicyclic amines) is 1. The maximum atomic E-state index is 11.6. The van der Waals surface area contributed by atoms with E-state index < -0.39 is 11.4 Å². The number of aryl methyl sites for hydroxylation is 1. The van der Waals surface area contributed by atoms with E-state index in [9.17, 15) is 9.59 Å². The normalized spacial score (nSPS) is 24.4. The molecule has 1 aromatic rings. The average molecular weight is 264 g/mol. The lowest BCUT2D eigenvalue weighted by Gasteiger charge is -2.37. The molecule has 1 N–H and O–H groups in total. The van der Waals surface area contributed by atoms with Crippen molar-refractivity contribution in [3.63, 3.8) is 0 Å². The highest BCUT2D eigenvalue weighted by atomic mass is 16.4. The molecule has 2 rings (SSSR count). The van der Waals surface area contributed by atoms with Gasteiger partial charge in [0.25, 0.3) is 0 Å². The Morgan fingerprint density at radius 1 is 1.47 bits per heavy atom. The number of nitrogens with zero attached hydrogens (tertiary/aromatic N) is 2. The molecule has 2 heterocycles. The van der Waals surface area contributed by atoms with E-state index in [0.717, 1.165) is 25.2 Å². The van der Waals surface area contributed by atoms with Crippen molar-refractivity contribution in [2.45, 2.75) is 26.3 Å². The van der Waals surface area contributed by atoms with Crippen molar-refractivity contribution in [2.75, 3.05) is 20.1 Å². The van der Waals surface area contributed by atoms with Gasteiger partial charge >= 0.3 is 5.97 Å². The maximum Gasteiger partial charge on any atom is 0.341 e. The van der Waals surface area contributed by atoms with Crippen molar-refractivity contribution in [1.29, 1.82) is 0 Å². The second kappa shape index (κ2) is 5.17. The first-order valence-electron chi connectivity index (χ1n) is 6.54. The van der Waals surface area contributed by atoms with Crippen LogP contribution in [0.3, 0.4) is 0 Å². The summed E-state index contributed by atoms with van der Waals surface area (Å²) in [5, 5.41) is 9.07. The van der Waals surface area contributed by atoms with Crippen LogP contribution in [0.2, 0.25) is 0 Å². The topological polar surface area (TPSA) is 62.5 Å². The maximum absolute atomic E-state index is 11.6. The molecule has 0 aliphatic carbocycles. The minimum Gasteiger partial charge on any atom is -0.477 e. The molecule has 0 spiro atoms. The molecule has 2 atom stereocenters. The second-order valence-electron chi connectivity index (χ2n) is 5.50. The van der Waals surface area contributed by atoms with Gasteiger partial charge in [-0.25, -0.2) is 4.79 Å². The third kappa shape index (κ3) is 2.71. The smallest absolute Gasteiger partial charge is 0.341 e. The van der Waals surface area contributed by atoms with Crippen LogP contribution in [0.25, 0.3) is 0 Å². The summed E-state index contributed by atoms with van der Waals surface area (Å²) in [5.41, 5.74) is 0.273. The van der Waals surface area contributed by atoms with Crippen LogP contribution in [0.1, 0.15) is 35.4 Å². The number of piperidine rings is 1. The standard InChI is InChI=1S/C14H20N2O3/c1-9-7-15(3)5-4-12(9)16-8-11(14(18)19)13(17)6-10(16)2/h6,8-9,12H,4-5,7H2,1-3H3,(H,18,19). The molecule has 0 amide bonds. The van der Waals surface area contributed by atoms with E-state index in [0.29, 0.717) is 5.92 Å². The Kier molecular flexibility index (Phi) is 3.75. The lowest BCUT2D eigenvalue weighted by molar-refractivity contribution is 0.0693. The molecule has 104 valence electrons. The van der Waals surface area contributed by atoms with Crippen molar-refractivity contribution in [3.05, 3.63) is 33.7 Å². The van der Waals surface area contributed by atoms with Gasteiger partial charge < -0.3 is 14.6 Å². The van der Waals surface area contributed by atoms with Gasteiger partial charge in [-0.1, -0.05) is 6.92 Å². The largest absolute Gasteiger partial charge is 0.477 e. The molecule has 1 fully saturated rings. The SMILES string of the molecule is Cc1cc(=O)c(C(=O)O)cn1C1CCN(C)CC1C. The van der Waals surface area contributed by atoms with Crippen LogP contribution >= 0.6 is 0 Å². The highest BCUT2D eigenvalue weighted by Gasteiger charge is 2.26. The second-order valence-corrected chi connectivity index (χ2v) is 5.50. The first kappa shape index (κ1) is 13.8. The van der Waals surface area contributed by atoms with Gasteiger partial charge in [0, 0.05) is 30.5 Å². The Morgan fingerprint density at radius 2 is 2.16 bits per heavy atom. The minimum atomic E-state index is -1.15. The van der Waals surface area contributed by atoms with Crippen LogP contribution in [0.15, 0.2) is 17.1 Å². The van der Waals surface area contributed by atoms with Gasteiger partial charge in [-0.3, -0.25) is 4.79 Å². The molecule has 1 aliphatic rings. The molecule has 19 heavy (non-hydrogen) atoms. The molecular weight excluding hydrogens is 244 g/mol. The average Bonchev–Trinajstić information content (AvgIpc) is 2.30. The number of pyridine rings is 1. The van der Waals surface area contributed by atoms with Crippen LogP contribution < -0.4 is 5.43 Å². The number of rotatable bonds is 2. The van der Waals surface area contributed by atoms with E-state index >= 15 is 0 Å². The van der Waals surface area contributed by atoms with E-state index in [-0.39, 0.29) is 11.6 Å². The summed E-state index contributed by atoms with van der Waals surface area (Å²) in [4.78, 5) is 25.0. The fraction of sp³-hybridized carbons (Fsp3) is 0.571. The van der Waals surface area contributed by atoms with Crippen LogP contribution in [-0.4, -0.2) is 40.7 Å². The monoisotopic (exact) mass is 264 g/mol.